The van der Waals surface area contributed by atoms with Gasteiger partial charge in [0.1, 0.15) is 4.32 Å². The molecular weight excluding hydrogens is 296 g/mol. The average molecular weight is 314 g/mol. The Hall–Kier alpha value is -0.630. The first-order valence-electron chi connectivity index (χ1n) is 6.93. The molecule has 0 N–H and O–H groups in total. The molecule has 0 radical (unpaired) electrons. The number of hydrogen-bond acceptors (Lipinski definition) is 6. The Morgan fingerprint density at radius 3 is 2.85 bits per heavy atom. The van der Waals surface area contributed by atoms with Crippen molar-refractivity contribution in [2.24, 2.45) is 0 Å². The molecular formula is C13H18N2O3S2. The minimum atomic E-state index is 0.0157. The zero-order valence-corrected chi connectivity index (χ0v) is 12.9. The molecule has 0 aromatic rings. The zero-order chi connectivity index (χ0) is 13.9. The van der Waals surface area contributed by atoms with Crippen molar-refractivity contribution in [2.45, 2.75) is 18.9 Å². The van der Waals surface area contributed by atoms with Crippen LogP contribution in [-0.2, 0) is 14.3 Å². The van der Waals surface area contributed by atoms with E-state index >= 15 is 0 Å². The summed E-state index contributed by atoms with van der Waals surface area (Å²) in [6.07, 6.45) is 4.15. The van der Waals surface area contributed by atoms with E-state index in [1.165, 1.54) is 11.8 Å². The first-order valence-corrected chi connectivity index (χ1v) is 8.15. The monoisotopic (exact) mass is 314 g/mol. The summed E-state index contributed by atoms with van der Waals surface area (Å²) in [5.41, 5.74) is 0. The summed E-state index contributed by atoms with van der Waals surface area (Å²) in [5.74, 6) is 0.0157. The third-order valence-corrected chi connectivity index (χ3v) is 4.99. The van der Waals surface area contributed by atoms with Gasteiger partial charge in [0.25, 0.3) is 5.91 Å². The molecule has 0 aliphatic carbocycles. The molecule has 0 aromatic carbocycles. The van der Waals surface area contributed by atoms with Gasteiger partial charge in [-0.05, 0) is 12.8 Å². The van der Waals surface area contributed by atoms with Crippen LogP contribution in [0, 0.1) is 0 Å². The molecule has 5 nitrogen and oxygen atoms in total. The summed E-state index contributed by atoms with van der Waals surface area (Å²) in [6, 6.07) is 0. The van der Waals surface area contributed by atoms with Crippen LogP contribution in [-0.4, -0.2) is 65.6 Å². The number of carbonyl (C=O) groups is 1. The topological polar surface area (TPSA) is 42.0 Å². The van der Waals surface area contributed by atoms with Crippen LogP contribution in [0.3, 0.4) is 0 Å². The third-order valence-electron chi connectivity index (χ3n) is 3.63. The van der Waals surface area contributed by atoms with Crippen molar-refractivity contribution in [2.75, 3.05) is 39.5 Å². The van der Waals surface area contributed by atoms with Crippen molar-refractivity contribution < 1.29 is 14.3 Å². The molecule has 1 amide bonds. The molecule has 0 aromatic heterocycles. The van der Waals surface area contributed by atoms with Crippen molar-refractivity contribution in [1.82, 2.24) is 9.80 Å². The fourth-order valence-electron chi connectivity index (χ4n) is 2.51. The Labute approximate surface area is 128 Å². The fourth-order valence-corrected chi connectivity index (χ4v) is 3.79. The van der Waals surface area contributed by atoms with E-state index in [4.69, 9.17) is 21.7 Å². The maximum Gasteiger partial charge on any atom is 0.267 e. The zero-order valence-electron chi connectivity index (χ0n) is 11.2. The number of carbonyl (C=O) groups excluding carboxylic acids is 1. The molecule has 0 spiro atoms. The number of thiocarbonyl (C=S) groups is 1. The van der Waals surface area contributed by atoms with Gasteiger partial charge in [-0.1, -0.05) is 24.0 Å². The van der Waals surface area contributed by atoms with Crippen LogP contribution in [0.15, 0.2) is 11.1 Å². The molecule has 0 saturated carbocycles. The van der Waals surface area contributed by atoms with Crippen molar-refractivity contribution in [3.63, 3.8) is 0 Å². The Bertz CT molecular complexity index is 429. The van der Waals surface area contributed by atoms with E-state index in [0.717, 1.165) is 37.4 Å². The number of amides is 1. The molecule has 3 aliphatic heterocycles. The number of rotatable bonds is 3. The molecule has 3 saturated heterocycles. The van der Waals surface area contributed by atoms with Gasteiger partial charge in [0.15, 0.2) is 0 Å². The highest BCUT2D eigenvalue weighted by molar-refractivity contribution is 8.26. The summed E-state index contributed by atoms with van der Waals surface area (Å²) >= 11 is 6.72. The van der Waals surface area contributed by atoms with E-state index < -0.39 is 0 Å². The lowest BCUT2D eigenvalue weighted by Gasteiger charge is -2.25. The smallest absolute Gasteiger partial charge is 0.267 e. The van der Waals surface area contributed by atoms with Gasteiger partial charge in [-0.25, -0.2) is 0 Å². The number of ether oxygens (including phenoxy) is 2. The number of morpholine rings is 1. The molecule has 3 fully saturated rings. The highest BCUT2D eigenvalue weighted by atomic mass is 32.2. The number of thioether (sulfide) groups is 1. The standard InChI is InChI=1S/C13H18N2O3S2/c16-12-11(9-14-3-6-17-7-4-14)20-13(19)15(12)8-10-2-1-5-18-10/h9-10H,1-8H2/b11-9-/t10-/m1/s1. The lowest BCUT2D eigenvalue weighted by molar-refractivity contribution is -0.123. The average Bonchev–Trinajstić information content (AvgIpc) is 3.05. The Kier molecular flexibility index (Phi) is 4.60. The van der Waals surface area contributed by atoms with Crippen LogP contribution >= 0.6 is 24.0 Å². The molecule has 0 unspecified atom stereocenters. The summed E-state index contributed by atoms with van der Waals surface area (Å²) in [4.78, 5) is 16.9. The predicted molar refractivity (Wildman–Crippen MR) is 81.4 cm³/mol. The van der Waals surface area contributed by atoms with Crippen molar-refractivity contribution in [3.05, 3.63) is 11.1 Å². The van der Waals surface area contributed by atoms with Crippen LogP contribution in [0.1, 0.15) is 12.8 Å². The summed E-state index contributed by atoms with van der Waals surface area (Å²) < 4.78 is 11.5. The van der Waals surface area contributed by atoms with E-state index in [0.29, 0.717) is 24.1 Å². The predicted octanol–water partition coefficient (Wildman–Crippen LogP) is 1.20. The lowest BCUT2D eigenvalue weighted by atomic mass is 10.2. The van der Waals surface area contributed by atoms with E-state index in [-0.39, 0.29) is 12.0 Å². The molecule has 20 heavy (non-hydrogen) atoms. The summed E-state index contributed by atoms with van der Waals surface area (Å²) in [5, 5.41) is 0. The summed E-state index contributed by atoms with van der Waals surface area (Å²) in [6.45, 7) is 4.47. The second-order valence-electron chi connectivity index (χ2n) is 5.06. The Morgan fingerprint density at radius 2 is 2.15 bits per heavy atom. The quantitative estimate of drug-likeness (QED) is 0.576. The minimum Gasteiger partial charge on any atom is -0.378 e. The molecule has 7 heteroatoms. The van der Waals surface area contributed by atoms with E-state index in [2.05, 4.69) is 4.90 Å². The van der Waals surface area contributed by atoms with Gasteiger partial charge < -0.3 is 14.4 Å². The van der Waals surface area contributed by atoms with E-state index in [1.807, 2.05) is 6.20 Å². The number of nitrogens with zero attached hydrogens (tertiary/aromatic N) is 2. The highest BCUT2D eigenvalue weighted by Crippen LogP contribution is 2.32. The first-order chi connectivity index (χ1) is 9.74. The largest absolute Gasteiger partial charge is 0.378 e. The third kappa shape index (κ3) is 3.16. The summed E-state index contributed by atoms with van der Waals surface area (Å²) in [7, 11) is 0. The van der Waals surface area contributed by atoms with Gasteiger partial charge in [0.05, 0.1) is 30.8 Å². The first kappa shape index (κ1) is 14.3. The van der Waals surface area contributed by atoms with Crippen molar-refractivity contribution in [1.29, 1.82) is 0 Å². The second kappa shape index (κ2) is 6.43. The number of hydrogen-bond donors (Lipinski definition) is 0. The normalized spacial score (nSPS) is 29.8. The second-order valence-corrected chi connectivity index (χ2v) is 6.74. The molecule has 1 atom stereocenters. The minimum absolute atomic E-state index is 0.0157. The Balaban J connectivity index is 1.64. The maximum absolute atomic E-state index is 12.4. The van der Waals surface area contributed by atoms with Gasteiger partial charge in [0.2, 0.25) is 0 Å². The highest BCUT2D eigenvalue weighted by Gasteiger charge is 2.35. The van der Waals surface area contributed by atoms with E-state index in [9.17, 15) is 4.79 Å². The van der Waals surface area contributed by atoms with Crippen molar-refractivity contribution in [3.8, 4) is 0 Å². The molecule has 3 aliphatic rings. The lowest BCUT2D eigenvalue weighted by Crippen LogP contribution is -2.36. The van der Waals surface area contributed by atoms with Gasteiger partial charge >= 0.3 is 0 Å². The van der Waals surface area contributed by atoms with Crippen LogP contribution in [0.25, 0.3) is 0 Å². The van der Waals surface area contributed by atoms with Crippen LogP contribution < -0.4 is 0 Å². The molecule has 3 rings (SSSR count). The van der Waals surface area contributed by atoms with Gasteiger partial charge in [0, 0.05) is 25.9 Å². The van der Waals surface area contributed by atoms with Crippen LogP contribution in [0.2, 0.25) is 0 Å². The van der Waals surface area contributed by atoms with Gasteiger partial charge in [-0.15, -0.1) is 0 Å². The molecule has 3 heterocycles. The SMILES string of the molecule is O=C1/C(=C/N2CCOCC2)SC(=S)N1C[C@H]1CCCO1. The van der Waals surface area contributed by atoms with Gasteiger partial charge in [-0.2, -0.15) is 0 Å². The Morgan fingerprint density at radius 1 is 1.35 bits per heavy atom. The molecule has 110 valence electrons. The van der Waals surface area contributed by atoms with Crippen LogP contribution in [0.5, 0.6) is 0 Å². The molecule has 0 bridgehead atoms. The van der Waals surface area contributed by atoms with Crippen LogP contribution in [0.4, 0.5) is 0 Å². The van der Waals surface area contributed by atoms with E-state index in [1.54, 1.807) is 4.90 Å². The maximum atomic E-state index is 12.4. The van der Waals surface area contributed by atoms with Gasteiger partial charge in [-0.3, -0.25) is 9.69 Å². The fraction of sp³-hybridized carbons (Fsp3) is 0.692. The van der Waals surface area contributed by atoms with Crippen molar-refractivity contribution >= 4 is 34.2 Å².